The molecule has 0 aromatic carbocycles. The van der Waals surface area contributed by atoms with Crippen LogP contribution in [0.3, 0.4) is 0 Å². The van der Waals surface area contributed by atoms with E-state index < -0.39 is 31.9 Å². The minimum absolute atomic E-state index is 0.127. The number of fused-ring (bicyclic) bond motifs is 1. The Hall–Kier alpha value is -0.970. The highest BCUT2D eigenvalue weighted by atomic mass is 32.2. The Morgan fingerprint density at radius 2 is 1.92 bits per heavy atom. The second-order valence-corrected chi connectivity index (χ2v) is 11.7. The number of amides is 1. The molecule has 0 spiro atoms. The second kappa shape index (κ2) is 6.08. The lowest BCUT2D eigenvalue weighted by Crippen LogP contribution is -2.61. The SMILES string of the molecule is CCC(=O)N1CCN(S(=O)(=O)c2ccc(C)s2)[C@H]2CS(=O)(=O)C[C@H]21. The van der Waals surface area contributed by atoms with Crippen LogP contribution in [0, 0.1) is 6.92 Å². The number of piperazine rings is 1. The third-order valence-electron chi connectivity index (χ3n) is 4.53. The van der Waals surface area contributed by atoms with Crippen LogP contribution in [0.2, 0.25) is 0 Å². The van der Waals surface area contributed by atoms with E-state index in [4.69, 9.17) is 0 Å². The Morgan fingerprint density at radius 1 is 1.25 bits per heavy atom. The molecular weight excluding hydrogens is 372 g/mol. The predicted molar refractivity (Wildman–Crippen MR) is 91.2 cm³/mol. The maximum Gasteiger partial charge on any atom is 0.252 e. The normalized spacial score (nSPS) is 27.2. The maximum absolute atomic E-state index is 12.9. The van der Waals surface area contributed by atoms with Crippen LogP contribution in [0.4, 0.5) is 0 Å². The van der Waals surface area contributed by atoms with Crippen LogP contribution in [0.15, 0.2) is 16.3 Å². The zero-order chi connectivity index (χ0) is 17.7. The van der Waals surface area contributed by atoms with Crippen LogP contribution in [0.1, 0.15) is 18.2 Å². The van der Waals surface area contributed by atoms with Crippen molar-refractivity contribution in [3.63, 3.8) is 0 Å². The fraction of sp³-hybridized carbons (Fsp3) is 0.643. The number of hydrogen-bond acceptors (Lipinski definition) is 6. The summed E-state index contributed by atoms with van der Waals surface area (Å²) in [6.45, 7) is 3.90. The van der Waals surface area contributed by atoms with E-state index in [0.29, 0.717) is 0 Å². The number of carbonyl (C=O) groups is 1. The summed E-state index contributed by atoms with van der Waals surface area (Å²) in [5.41, 5.74) is 0. The zero-order valence-corrected chi connectivity index (χ0v) is 16.0. The van der Waals surface area contributed by atoms with Gasteiger partial charge in [-0.2, -0.15) is 4.31 Å². The molecule has 0 bridgehead atoms. The van der Waals surface area contributed by atoms with Crippen molar-refractivity contribution in [3.8, 4) is 0 Å². The van der Waals surface area contributed by atoms with E-state index in [1.54, 1.807) is 24.0 Å². The maximum atomic E-state index is 12.9. The van der Waals surface area contributed by atoms with Crippen LogP contribution in [-0.4, -0.2) is 68.6 Å². The summed E-state index contributed by atoms with van der Waals surface area (Å²) < 4.78 is 51.6. The van der Waals surface area contributed by atoms with E-state index in [2.05, 4.69) is 0 Å². The van der Waals surface area contributed by atoms with E-state index >= 15 is 0 Å². The van der Waals surface area contributed by atoms with Crippen LogP contribution < -0.4 is 0 Å². The Labute approximate surface area is 146 Å². The first-order valence-electron chi connectivity index (χ1n) is 7.74. The van der Waals surface area contributed by atoms with Gasteiger partial charge >= 0.3 is 0 Å². The average molecular weight is 393 g/mol. The lowest BCUT2D eigenvalue weighted by atomic mass is 10.1. The fourth-order valence-electron chi connectivity index (χ4n) is 3.40. The summed E-state index contributed by atoms with van der Waals surface area (Å²) in [6, 6.07) is 1.99. The third kappa shape index (κ3) is 3.00. The monoisotopic (exact) mass is 392 g/mol. The van der Waals surface area contributed by atoms with Gasteiger partial charge in [0.15, 0.2) is 9.84 Å². The average Bonchev–Trinajstić information content (AvgIpc) is 3.07. The Balaban J connectivity index is 1.98. The molecule has 24 heavy (non-hydrogen) atoms. The summed E-state index contributed by atoms with van der Waals surface area (Å²) in [7, 11) is -7.12. The molecule has 1 aromatic rings. The van der Waals surface area contributed by atoms with Gasteiger partial charge in [-0.1, -0.05) is 6.92 Å². The quantitative estimate of drug-likeness (QED) is 0.745. The van der Waals surface area contributed by atoms with E-state index in [1.165, 1.54) is 15.6 Å². The highest BCUT2D eigenvalue weighted by Crippen LogP contribution is 2.33. The molecule has 2 saturated heterocycles. The number of nitrogens with zero attached hydrogens (tertiary/aromatic N) is 2. The highest BCUT2D eigenvalue weighted by molar-refractivity contribution is 7.92. The van der Waals surface area contributed by atoms with E-state index in [0.717, 1.165) is 4.88 Å². The number of carbonyl (C=O) groups excluding carboxylic acids is 1. The van der Waals surface area contributed by atoms with Crippen molar-refractivity contribution >= 4 is 37.1 Å². The summed E-state index contributed by atoms with van der Waals surface area (Å²) in [5, 5.41) is 0. The summed E-state index contributed by atoms with van der Waals surface area (Å²) in [5.74, 6) is -0.528. The summed E-state index contributed by atoms with van der Waals surface area (Å²) in [6.07, 6.45) is 0.278. The first-order valence-corrected chi connectivity index (χ1v) is 11.8. The van der Waals surface area contributed by atoms with Crippen LogP contribution in [-0.2, 0) is 24.7 Å². The van der Waals surface area contributed by atoms with Gasteiger partial charge in [-0.05, 0) is 19.1 Å². The van der Waals surface area contributed by atoms with Gasteiger partial charge in [0.2, 0.25) is 5.91 Å². The molecule has 0 saturated carbocycles. The van der Waals surface area contributed by atoms with Gasteiger partial charge in [0, 0.05) is 24.4 Å². The Morgan fingerprint density at radius 3 is 2.50 bits per heavy atom. The molecule has 0 radical (unpaired) electrons. The number of sulfone groups is 1. The number of sulfonamides is 1. The molecular formula is C14H20N2O5S3. The van der Waals surface area contributed by atoms with Gasteiger partial charge < -0.3 is 4.90 Å². The zero-order valence-electron chi connectivity index (χ0n) is 13.5. The van der Waals surface area contributed by atoms with Crippen LogP contribution >= 0.6 is 11.3 Å². The predicted octanol–water partition coefficient (Wildman–Crippen LogP) is 0.465. The molecule has 0 N–H and O–H groups in total. The van der Waals surface area contributed by atoms with Gasteiger partial charge in [-0.15, -0.1) is 11.3 Å². The molecule has 2 atom stereocenters. The van der Waals surface area contributed by atoms with Crippen molar-refractivity contribution in [3.05, 3.63) is 17.0 Å². The molecule has 3 rings (SSSR count). The molecule has 0 aliphatic carbocycles. The van der Waals surface area contributed by atoms with E-state index in [-0.39, 0.29) is 41.1 Å². The first kappa shape index (κ1) is 17.8. The second-order valence-electron chi connectivity index (χ2n) is 6.13. The molecule has 2 aliphatic rings. The molecule has 2 fully saturated rings. The van der Waals surface area contributed by atoms with Crippen LogP contribution in [0.5, 0.6) is 0 Å². The van der Waals surface area contributed by atoms with E-state index in [1.807, 2.05) is 6.92 Å². The van der Waals surface area contributed by atoms with Gasteiger partial charge in [-0.3, -0.25) is 4.79 Å². The lowest BCUT2D eigenvalue weighted by molar-refractivity contribution is -0.135. The third-order valence-corrected chi connectivity index (χ3v) is 9.62. The van der Waals surface area contributed by atoms with Crippen molar-refractivity contribution < 1.29 is 21.6 Å². The van der Waals surface area contributed by atoms with Crippen molar-refractivity contribution in [2.24, 2.45) is 0 Å². The Kier molecular flexibility index (Phi) is 4.52. The molecule has 10 heteroatoms. The summed E-state index contributed by atoms with van der Waals surface area (Å²) in [4.78, 5) is 14.5. The molecule has 2 aliphatic heterocycles. The highest BCUT2D eigenvalue weighted by Gasteiger charge is 2.51. The standard InChI is InChI=1S/C14H20N2O5S3/c1-3-13(17)15-6-7-16(12-9-23(18,19)8-11(12)15)24(20,21)14-5-4-10(2)22-14/h4-5,11-12H,3,6-9H2,1-2H3/t11-,12+/m1/s1. The van der Waals surface area contributed by atoms with Gasteiger partial charge in [0.05, 0.1) is 23.6 Å². The van der Waals surface area contributed by atoms with Gasteiger partial charge in [0.25, 0.3) is 10.0 Å². The molecule has 134 valence electrons. The molecule has 1 aromatic heterocycles. The minimum Gasteiger partial charge on any atom is -0.336 e. The number of aryl methyl sites for hydroxylation is 1. The molecule has 1 amide bonds. The number of rotatable bonds is 3. The van der Waals surface area contributed by atoms with Crippen molar-refractivity contribution in [1.82, 2.24) is 9.21 Å². The van der Waals surface area contributed by atoms with Gasteiger partial charge in [-0.25, -0.2) is 16.8 Å². The molecule has 3 heterocycles. The van der Waals surface area contributed by atoms with Crippen molar-refractivity contribution in [2.75, 3.05) is 24.6 Å². The first-order chi connectivity index (χ1) is 11.2. The largest absolute Gasteiger partial charge is 0.336 e. The van der Waals surface area contributed by atoms with Crippen LogP contribution in [0.25, 0.3) is 0 Å². The number of thiophene rings is 1. The minimum atomic E-state index is -3.75. The van der Waals surface area contributed by atoms with Crippen molar-refractivity contribution in [2.45, 2.75) is 36.6 Å². The smallest absolute Gasteiger partial charge is 0.252 e. The van der Waals surface area contributed by atoms with Gasteiger partial charge in [0.1, 0.15) is 4.21 Å². The Bertz CT molecular complexity index is 859. The summed E-state index contributed by atoms with van der Waals surface area (Å²) >= 11 is 1.17. The van der Waals surface area contributed by atoms with Crippen molar-refractivity contribution in [1.29, 1.82) is 0 Å². The number of hydrogen-bond donors (Lipinski definition) is 0. The topological polar surface area (TPSA) is 91.8 Å². The fourth-order valence-corrected chi connectivity index (χ4v) is 8.53. The lowest BCUT2D eigenvalue weighted by Gasteiger charge is -2.42. The molecule has 7 nitrogen and oxygen atoms in total. The van der Waals surface area contributed by atoms with E-state index in [9.17, 15) is 21.6 Å². The molecule has 0 unspecified atom stereocenters.